The van der Waals surface area contributed by atoms with Gasteiger partial charge in [-0.15, -0.1) is 0 Å². The number of benzene rings is 2. The molecule has 0 atom stereocenters. The summed E-state index contributed by atoms with van der Waals surface area (Å²) in [6.45, 7) is 5.79. The van der Waals surface area contributed by atoms with Gasteiger partial charge in [-0.3, -0.25) is 4.79 Å². The largest absolute Gasteiger partial charge is 0.352 e. The third-order valence-corrected chi connectivity index (χ3v) is 6.88. The normalized spacial score (nSPS) is 16.0. The Hall–Kier alpha value is -2.22. The van der Waals surface area contributed by atoms with Crippen molar-refractivity contribution in [2.45, 2.75) is 18.2 Å². The van der Waals surface area contributed by atoms with Crippen LogP contribution >= 0.6 is 0 Å². The molecule has 0 unspecified atom stereocenters. The summed E-state index contributed by atoms with van der Waals surface area (Å²) in [6, 6.07) is 16.2. The van der Waals surface area contributed by atoms with Crippen LogP contribution < -0.4 is 5.32 Å². The zero-order valence-corrected chi connectivity index (χ0v) is 17.0. The molecule has 0 bridgehead atoms. The lowest BCUT2D eigenvalue weighted by molar-refractivity contribution is 0.0950. The first-order valence-corrected chi connectivity index (χ1v) is 11.0. The molecule has 1 heterocycles. The number of carbonyl (C=O) groups is 1. The van der Waals surface area contributed by atoms with Crippen LogP contribution in [0.1, 0.15) is 22.3 Å². The van der Waals surface area contributed by atoms with E-state index in [0.29, 0.717) is 43.2 Å². The zero-order chi connectivity index (χ0) is 20.0. The minimum absolute atomic E-state index is 0.0605. The second-order valence-electron chi connectivity index (χ2n) is 7.03. The maximum atomic E-state index is 12.7. The SMILES string of the molecule is Cc1ccc(S(=O)(=O)N2CCN(CCCNC(=O)c3ccccc3)CC2)cc1. The topological polar surface area (TPSA) is 69.7 Å². The second-order valence-corrected chi connectivity index (χ2v) is 8.97. The van der Waals surface area contributed by atoms with E-state index in [1.807, 2.05) is 37.3 Å². The molecule has 6 nitrogen and oxygen atoms in total. The van der Waals surface area contributed by atoms with Gasteiger partial charge in [0.05, 0.1) is 4.90 Å². The van der Waals surface area contributed by atoms with Crippen molar-refractivity contribution in [1.29, 1.82) is 0 Å². The highest BCUT2D eigenvalue weighted by atomic mass is 32.2. The highest BCUT2D eigenvalue weighted by molar-refractivity contribution is 7.89. The van der Waals surface area contributed by atoms with Gasteiger partial charge in [-0.25, -0.2) is 8.42 Å². The summed E-state index contributed by atoms with van der Waals surface area (Å²) in [5.74, 6) is -0.0605. The second kappa shape index (κ2) is 9.32. The highest BCUT2D eigenvalue weighted by Crippen LogP contribution is 2.18. The predicted molar refractivity (Wildman–Crippen MR) is 110 cm³/mol. The van der Waals surface area contributed by atoms with Crippen LogP contribution in [-0.4, -0.2) is 62.8 Å². The van der Waals surface area contributed by atoms with Gasteiger partial charge in [-0.05, 0) is 44.2 Å². The standard InChI is InChI=1S/C21H27N3O3S/c1-18-8-10-20(11-9-18)28(26,27)24-16-14-23(15-17-24)13-5-12-22-21(25)19-6-3-2-4-7-19/h2-4,6-11H,5,12-17H2,1H3,(H,22,25). The van der Waals surface area contributed by atoms with E-state index in [9.17, 15) is 13.2 Å². The van der Waals surface area contributed by atoms with E-state index in [0.717, 1.165) is 18.5 Å². The Morgan fingerprint density at radius 2 is 1.61 bits per heavy atom. The van der Waals surface area contributed by atoms with Crippen LogP contribution in [0.2, 0.25) is 0 Å². The summed E-state index contributed by atoms with van der Waals surface area (Å²) >= 11 is 0. The number of piperazine rings is 1. The maximum Gasteiger partial charge on any atom is 0.251 e. The van der Waals surface area contributed by atoms with Gasteiger partial charge in [0.1, 0.15) is 0 Å². The van der Waals surface area contributed by atoms with Gasteiger partial charge in [0.15, 0.2) is 0 Å². The molecule has 1 aliphatic rings. The molecular formula is C21H27N3O3S. The number of nitrogens with one attached hydrogen (secondary N) is 1. The van der Waals surface area contributed by atoms with Crippen molar-refractivity contribution in [2.24, 2.45) is 0 Å². The number of hydrogen-bond donors (Lipinski definition) is 1. The summed E-state index contributed by atoms with van der Waals surface area (Å²) in [7, 11) is -3.42. The minimum Gasteiger partial charge on any atom is -0.352 e. The van der Waals surface area contributed by atoms with Crippen molar-refractivity contribution in [3.8, 4) is 0 Å². The van der Waals surface area contributed by atoms with Crippen LogP contribution in [0.3, 0.4) is 0 Å². The lowest BCUT2D eigenvalue weighted by Crippen LogP contribution is -2.49. The van der Waals surface area contributed by atoms with E-state index in [1.165, 1.54) is 0 Å². The minimum atomic E-state index is -3.42. The van der Waals surface area contributed by atoms with Crippen LogP contribution in [0, 0.1) is 6.92 Å². The summed E-state index contributed by atoms with van der Waals surface area (Å²) < 4.78 is 27.0. The van der Waals surface area contributed by atoms with E-state index >= 15 is 0 Å². The Labute approximate surface area is 167 Å². The summed E-state index contributed by atoms with van der Waals surface area (Å²) in [5, 5.41) is 2.93. The quantitative estimate of drug-likeness (QED) is 0.722. The lowest BCUT2D eigenvalue weighted by Gasteiger charge is -2.34. The third-order valence-electron chi connectivity index (χ3n) is 4.96. The molecule has 2 aromatic rings. The first-order valence-electron chi connectivity index (χ1n) is 9.59. The fraction of sp³-hybridized carbons (Fsp3) is 0.381. The zero-order valence-electron chi connectivity index (χ0n) is 16.2. The molecule has 2 aromatic carbocycles. The van der Waals surface area contributed by atoms with E-state index < -0.39 is 10.0 Å². The van der Waals surface area contributed by atoms with E-state index in [1.54, 1.807) is 28.6 Å². The number of hydrogen-bond acceptors (Lipinski definition) is 4. The number of aryl methyl sites for hydroxylation is 1. The molecule has 0 radical (unpaired) electrons. The molecule has 0 aromatic heterocycles. The van der Waals surface area contributed by atoms with Crippen LogP contribution in [0.4, 0.5) is 0 Å². The Bertz CT molecular complexity index is 875. The highest BCUT2D eigenvalue weighted by Gasteiger charge is 2.28. The fourth-order valence-corrected chi connectivity index (χ4v) is 4.67. The summed E-state index contributed by atoms with van der Waals surface area (Å²) in [6.07, 6.45) is 0.837. The molecule has 1 amide bonds. The smallest absolute Gasteiger partial charge is 0.251 e. The molecule has 0 spiro atoms. The third kappa shape index (κ3) is 5.19. The lowest BCUT2D eigenvalue weighted by atomic mass is 10.2. The van der Waals surface area contributed by atoms with Gasteiger partial charge in [0, 0.05) is 38.3 Å². The molecule has 28 heavy (non-hydrogen) atoms. The van der Waals surface area contributed by atoms with Gasteiger partial charge >= 0.3 is 0 Å². The van der Waals surface area contributed by atoms with Crippen LogP contribution in [0.25, 0.3) is 0 Å². The Morgan fingerprint density at radius 1 is 0.964 bits per heavy atom. The summed E-state index contributed by atoms with van der Waals surface area (Å²) in [5.41, 5.74) is 1.71. The van der Waals surface area contributed by atoms with Crippen molar-refractivity contribution >= 4 is 15.9 Å². The Balaban J connectivity index is 1.40. The molecule has 1 saturated heterocycles. The van der Waals surface area contributed by atoms with Crippen molar-refractivity contribution in [2.75, 3.05) is 39.3 Å². The number of sulfonamides is 1. The molecule has 3 rings (SSSR count). The maximum absolute atomic E-state index is 12.7. The Morgan fingerprint density at radius 3 is 2.25 bits per heavy atom. The first-order chi connectivity index (χ1) is 13.5. The predicted octanol–water partition coefficient (Wildman–Crippen LogP) is 2.12. The molecule has 7 heteroatoms. The number of amides is 1. The van der Waals surface area contributed by atoms with Crippen molar-refractivity contribution in [3.63, 3.8) is 0 Å². The molecule has 0 saturated carbocycles. The van der Waals surface area contributed by atoms with Crippen LogP contribution in [-0.2, 0) is 10.0 Å². The molecule has 1 N–H and O–H groups in total. The van der Waals surface area contributed by atoms with Gasteiger partial charge in [-0.2, -0.15) is 4.31 Å². The van der Waals surface area contributed by atoms with Crippen molar-refractivity contribution in [1.82, 2.24) is 14.5 Å². The molecule has 1 aliphatic heterocycles. The van der Waals surface area contributed by atoms with E-state index in [-0.39, 0.29) is 5.91 Å². The van der Waals surface area contributed by atoms with Crippen LogP contribution in [0.5, 0.6) is 0 Å². The average molecular weight is 402 g/mol. The van der Waals surface area contributed by atoms with Gasteiger partial charge < -0.3 is 10.2 Å². The van der Waals surface area contributed by atoms with E-state index in [4.69, 9.17) is 0 Å². The van der Waals surface area contributed by atoms with E-state index in [2.05, 4.69) is 10.2 Å². The van der Waals surface area contributed by atoms with Crippen molar-refractivity contribution < 1.29 is 13.2 Å². The number of rotatable bonds is 7. The number of carbonyl (C=O) groups excluding carboxylic acids is 1. The molecule has 1 fully saturated rings. The molecule has 150 valence electrons. The molecular weight excluding hydrogens is 374 g/mol. The number of nitrogens with zero attached hydrogens (tertiary/aromatic N) is 2. The average Bonchev–Trinajstić information content (AvgIpc) is 2.72. The van der Waals surface area contributed by atoms with Gasteiger partial charge in [0.25, 0.3) is 5.91 Å². The molecule has 0 aliphatic carbocycles. The van der Waals surface area contributed by atoms with Crippen molar-refractivity contribution in [3.05, 3.63) is 65.7 Å². The Kier molecular flexibility index (Phi) is 6.83. The monoisotopic (exact) mass is 401 g/mol. The first kappa shape index (κ1) is 20.5. The van der Waals surface area contributed by atoms with Gasteiger partial charge in [0.2, 0.25) is 10.0 Å². The van der Waals surface area contributed by atoms with Crippen LogP contribution in [0.15, 0.2) is 59.5 Å². The summed E-state index contributed by atoms with van der Waals surface area (Å²) in [4.78, 5) is 14.6. The fourth-order valence-electron chi connectivity index (χ4n) is 3.25. The van der Waals surface area contributed by atoms with Gasteiger partial charge in [-0.1, -0.05) is 35.9 Å².